The quantitative estimate of drug-likeness (QED) is 0.374. The van der Waals surface area contributed by atoms with E-state index in [9.17, 15) is 9.59 Å². The third-order valence-electron chi connectivity index (χ3n) is 6.61. The van der Waals surface area contributed by atoms with Crippen molar-refractivity contribution >= 4 is 32.3 Å². The molecule has 0 saturated carbocycles. The van der Waals surface area contributed by atoms with Crippen LogP contribution in [0.4, 0.5) is 5.00 Å². The molecule has 0 spiro atoms. The highest BCUT2D eigenvalue weighted by Crippen LogP contribution is 2.38. The molecule has 2 aromatic heterocycles. The van der Waals surface area contributed by atoms with Crippen molar-refractivity contribution in [3.63, 3.8) is 0 Å². The monoisotopic (exact) mass is 471 g/mol. The summed E-state index contributed by atoms with van der Waals surface area (Å²) in [5, 5.41) is 5.36. The van der Waals surface area contributed by atoms with Gasteiger partial charge in [0.15, 0.2) is 5.78 Å². The molecule has 1 aliphatic rings. The third kappa shape index (κ3) is 4.31. The number of anilines is 1. The zero-order chi connectivity index (χ0) is 23.7. The molecule has 5 rings (SSSR count). The Morgan fingerprint density at radius 2 is 1.59 bits per heavy atom. The molecule has 5 nitrogen and oxygen atoms in total. The summed E-state index contributed by atoms with van der Waals surface area (Å²) in [6.07, 6.45) is 2.05. The summed E-state index contributed by atoms with van der Waals surface area (Å²) >= 11 is 1.50. The average molecular weight is 472 g/mol. The number of carbonyl (C=O) groups excluding carboxylic acids is 1. The topological polar surface area (TPSA) is 54.3 Å². The summed E-state index contributed by atoms with van der Waals surface area (Å²) in [6, 6.07) is 23.2. The molecule has 2 aromatic carbocycles. The molecule has 6 heteroatoms. The van der Waals surface area contributed by atoms with Crippen LogP contribution in [0.2, 0.25) is 0 Å². The number of nitrogens with one attached hydrogen (secondary N) is 1. The van der Waals surface area contributed by atoms with Crippen LogP contribution in [0.25, 0.3) is 15.9 Å². The zero-order valence-electron chi connectivity index (χ0n) is 19.5. The zero-order valence-corrected chi connectivity index (χ0v) is 20.3. The van der Waals surface area contributed by atoms with Crippen molar-refractivity contribution in [2.45, 2.75) is 38.8 Å². The van der Waals surface area contributed by atoms with Gasteiger partial charge in [-0.3, -0.25) is 14.2 Å². The average Bonchev–Trinajstić information content (AvgIpc) is 3.22. The van der Waals surface area contributed by atoms with Gasteiger partial charge in [0, 0.05) is 42.2 Å². The van der Waals surface area contributed by atoms with Crippen molar-refractivity contribution in [1.29, 1.82) is 0 Å². The SMILES string of the molecule is CC(C)N1CCC(Nc2sc3c(ccc(=O)n3-c3ccccc3)c2C(=O)c2ccccc2)CC1. The van der Waals surface area contributed by atoms with E-state index in [0.29, 0.717) is 23.2 Å². The Morgan fingerprint density at radius 3 is 2.24 bits per heavy atom. The first kappa shape index (κ1) is 22.6. The van der Waals surface area contributed by atoms with Gasteiger partial charge in [-0.25, -0.2) is 0 Å². The molecular formula is C28H29N3O2S. The highest BCUT2D eigenvalue weighted by molar-refractivity contribution is 7.23. The minimum absolute atomic E-state index is 0.0211. The molecular weight excluding hydrogens is 442 g/mol. The third-order valence-corrected chi connectivity index (χ3v) is 7.74. The summed E-state index contributed by atoms with van der Waals surface area (Å²) in [5.41, 5.74) is 2.00. The van der Waals surface area contributed by atoms with E-state index in [1.807, 2.05) is 60.7 Å². The van der Waals surface area contributed by atoms with Crippen LogP contribution < -0.4 is 10.9 Å². The molecule has 3 heterocycles. The number of likely N-dealkylation sites (tertiary alicyclic amines) is 1. The number of thiophene rings is 1. The highest BCUT2D eigenvalue weighted by Gasteiger charge is 2.26. The Kier molecular flexibility index (Phi) is 6.35. The fraction of sp³-hybridized carbons (Fsp3) is 0.286. The molecule has 0 radical (unpaired) electrons. The van der Waals surface area contributed by atoms with Gasteiger partial charge in [0.25, 0.3) is 5.56 Å². The minimum atomic E-state index is -0.101. The summed E-state index contributed by atoms with van der Waals surface area (Å²) in [4.78, 5) is 30.0. The van der Waals surface area contributed by atoms with Gasteiger partial charge in [-0.15, -0.1) is 0 Å². The molecule has 0 aliphatic carbocycles. The molecule has 34 heavy (non-hydrogen) atoms. The van der Waals surface area contributed by atoms with E-state index in [1.54, 1.807) is 16.7 Å². The van der Waals surface area contributed by atoms with E-state index in [4.69, 9.17) is 0 Å². The number of fused-ring (bicyclic) bond motifs is 1. The Bertz CT molecular complexity index is 1350. The molecule has 0 unspecified atom stereocenters. The first-order valence-electron chi connectivity index (χ1n) is 11.9. The van der Waals surface area contributed by atoms with Gasteiger partial charge in [-0.05, 0) is 44.9 Å². The predicted octanol–water partition coefficient (Wildman–Crippen LogP) is 5.57. The van der Waals surface area contributed by atoms with Gasteiger partial charge in [-0.1, -0.05) is 59.9 Å². The number of hydrogen-bond acceptors (Lipinski definition) is 5. The van der Waals surface area contributed by atoms with Gasteiger partial charge in [0.05, 0.1) is 11.3 Å². The lowest BCUT2D eigenvalue weighted by atomic mass is 10.0. The minimum Gasteiger partial charge on any atom is -0.373 e. The molecule has 174 valence electrons. The van der Waals surface area contributed by atoms with E-state index in [1.165, 1.54) is 11.3 Å². The van der Waals surface area contributed by atoms with Crippen molar-refractivity contribution in [2.24, 2.45) is 0 Å². The van der Waals surface area contributed by atoms with Gasteiger partial charge >= 0.3 is 0 Å². The second kappa shape index (κ2) is 9.57. The van der Waals surface area contributed by atoms with Crippen molar-refractivity contribution in [2.75, 3.05) is 18.4 Å². The lowest BCUT2D eigenvalue weighted by molar-refractivity contribution is 0.104. The van der Waals surface area contributed by atoms with Crippen molar-refractivity contribution in [3.8, 4) is 5.69 Å². The second-order valence-electron chi connectivity index (χ2n) is 9.11. The van der Waals surface area contributed by atoms with Crippen molar-refractivity contribution in [3.05, 3.63) is 94.3 Å². The maximum Gasteiger partial charge on any atom is 0.256 e. The van der Waals surface area contributed by atoms with E-state index in [2.05, 4.69) is 24.1 Å². The highest BCUT2D eigenvalue weighted by atomic mass is 32.1. The van der Waals surface area contributed by atoms with Crippen LogP contribution in [0, 0.1) is 0 Å². The normalized spacial score (nSPS) is 15.1. The Morgan fingerprint density at radius 1 is 0.941 bits per heavy atom. The number of aromatic nitrogens is 1. The molecule has 1 N–H and O–H groups in total. The number of nitrogens with zero attached hydrogens (tertiary/aromatic N) is 2. The standard InChI is InChI=1S/C28H29N3O2S/c1-19(2)30-17-15-21(16-18-30)29-27-25(26(33)20-9-5-3-6-10-20)23-13-14-24(32)31(28(23)34-27)22-11-7-4-8-12-22/h3-14,19,21,29H,15-18H2,1-2H3. The Labute approximate surface area is 203 Å². The maximum absolute atomic E-state index is 13.7. The van der Waals surface area contributed by atoms with Crippen LogP contribution in [-0.4, -0.2) is 40.4 Å². The second-order valence-corrected chi connectivity index (χ2v) is 10.1. The first-order chi connectivity index (χ1) is 16.5. The van der Waals surface area contributed by atoms with Crippen LogP contribution in [0.5, 0.6) is 0 Å². The van der Waals surface area contributed by atoms with Gasteiger partial charge in [0.1, 0.15) is 9.83 Å². The largest absolute Gasteiger partial charge is 0.373 e. The Balaban J connectivity index is 1.62. The number of para-hydroxylation sites is 1. The van der Waals surface area contributed by atoms with Crippen LogP contribution in [-0.2, 0) is 0 Å². The number of carbonyl (C=O) groups is 1. The van der Waals surface area contributed by atoms with Crippen LogP contribution in [0.3, 0.4) is 0 Å². The fourth-order valence-corrected chi connectivity index (χ4v) is 6.00. The van der Waals surface area contributed by atoms with Crippen molar-refractivity contribution in [1.82, 2.24) is 9.47 Å². The van der Waals surface area contributed by atoms with Gasteiger partial charge in [0.2, 0.25) is 0 Å². The number of pyridine rings is 1. The number of piperidine rings is 1. The predicted molar refractivity (Wildman–Crippen MR) is 141 cm³/mol. The van der Waals surface area contributed by atoms with E-state index in [-0.39, 0.29) is 11.3 Å². The fourth-order valence-electron chi connectivity index (χ4n) is 4.71. The Hall–Kier alpha value is -3.22. The molecule has 4 aromatic rings. The molecule has 1 saturated heterocycles. The summed E-state index contributed by atoms with van der Waals surface area (Å²) in [5.74, 6) is -0.0211. The molecule has 0 atom stereocenters. The van der Waals surface area contributed by atoms with Gasteiger partial charge in [-0.2, -0.15) is 0 Å². The smallest absolute Gasteiger partial charge is 0.256 e. The number of benzene rings is 2. The van der Waals surface area contributed by atoms with Crippen LogP contribution in [0.15, 0.2) is 77.6 Å². The number of hydrogen-bond donors (Lipinski definition) is 1. The molecule has 0 bridgehead atoms. The maximum atomic E-state index is 13.7. The molecule has 1 aliphatic heterocycles. The van der Waals surface area contributed by atoms with Gasteiger partial charge < -0.3 is 10.2 Å². The molecule has 1 fully saturated rings. The van der Waals surface area contributed by atoms with E-state index < -0.39 is 0 Å². The first-order valence-corrected chi connectivity index (χ1v) is 12.7. The summed E-state index contributed by atoms with van der Waals surface area (Å²) in [6.45, 7) is 6.55. The molecule has 0 amide bonds. The lowest BCUT2D eigenvalue weighted by Gasteiger charge is -2.35. The van der Waals surface area contributed by atoms with Crippen molar-refractivity contribution < 1.29 is 4.79 Å². The lowest BCUT2D eigenvalue weighted by Crippen LogP contribution is -2.42. The van der Waals surface area contributed by atoms with Crippen LogP contribution >= 0.6 is 11.3 Å². The van der Waals surface area contributed by atoms with Crippen LogP contribution in [0.1, 0.15) is 42.6 Å². The summed E-state index contributed by atoms with van der Waals surface area (Å²) in [7, 11) is 0. The van der Waals surface area contributed by atoms with E-state index in [0.717, 1.165) is 46.8 Å². The summed E-state index contributed by atoms with van der Waals surface area (Å²) < 4.78 is 1.72. The number of ketones is 1. The number of rotatable bonds is 6. The van der Waals surface area contributed by atoms with E-state index >= 15 is 0 Å².